The van der Waals surface area contributed by atoms with Gasteiger partial charge in [-0.1, -0.05) is 32.9 Å². The van der Waals surface area contributed by atoms with Crippen LogP contribution in [0.2, 0.25) is 0 Å². The molecule has 0 spiro atoms. The zero-order valence-corrected chi connectivity index (χ0v) is 15.6. The van der Waals surface area contributed by atoms with Crippen molar-refractivity contribution in [3.05, 3.63) is 47.5 Å². The predicted molar refractivity (Wildman–Crippen MR) is 103 cm³/mol. The number of carbonyl (C=O) groups is 1. The second-order valence-electron chi connectivity index (χ2n) is 7.60. The van der Waals surface area contributed by atoms with Crippen molar-refractivity contribution < 1.29 is 9.53 Å². The molecule has 1 aliphatic heterocycles. The summed E-state index contributed by atoms with van der Waals surface area (Å²) in [5, 5.41) is 14.1. The van der Waals surface area contributed by atoms with Crippen molar-refractivity contribution in [3.8, 4) is 0 Å². The number of nitrogens with zero attached hydrogens (tertiary/aromatic N) is 2. The van der Waals surface area contributed by atoms with Crippen molar-refractivity contribution >= 4 is 17.5 Å². The summed E-state index contributed by atoms with van der Waals surface area (Å²) in [5.41, 5.74) is 1.85. The van der Waals surface area contributed by atoms with Crippen molar-refractivity contribution in [2.75, 3.05) is 23.8 Å². The first-order valence-corrected chi connectivity index (χ1v) is 9.03. The fourth-order valence-corrected chi connectivity index (χ4v) is 2.83. The molecule has 1 saturated heterocycles. The summed E-state index contributed by atoms with van der Waals surface area (Å²) in [6.07, 6.45) is 2.43. The average molecular weight is 354 g/mol. The van der Waals surface area contributed by atoms with Crippen molar-refractivity contribution in [3.63, 3.8) is 0 Å². The van der Waals surface area contributed by atoms with E-state index in [1.807, 2.05) is 24.3 Å². The van der Waals surface area contributed by atoms with Crippen molar-refractivity contribution in [1.82, 2.24) is 10.2 Å². The molecule has 1 aromatic carbocycles. The van der Waals surface area contributed by atoms with Gasteiger partial charge < -0.3 is 15.4 Å². The van der Waals surface area contributed by atoms with Crippen LogP contribution in [0.3, 0.4) is 0 Å². The van der Waals surface area contributed by atoms with Crippen LogP contribution >= 0.6 is 0 Å². The maximum Gasteiger partial charge on any atom is 0.256 e. The van der Waals surface area contributed by atoms with Gasteiger partial charge in [-0.15, -0.1) is 10.2 Å². The summed E-state index contributed by atoms with van der Waals surface area (Å²) in [6.45, 7) is 7.99. The van der Waals surface area contributed by atoms with E-state index in [9.17, 15) is 4.79 Å². The van der Waals surface area contributed by atoms with Crippen molar-refractivity contribution in [2.45, 2.75) is 45.1 Å². The minimum atomic E-state index is -0.195. The van der Waals surface area contributed by atoms with Crippen LogP contribution in [-0.4, -0.2) is 35.4 Å². The summed E-state index contributed by atoms with van der Waals surface area (Å²) in [7, 11) is 0. The van der Waals surface area contributed by atoms with E-state index >= 15 is 0 Å². The molecule has 0 saturated carbocycles. The quantitative estimate of drug-likeness (QED) is 0.858. The zero-order valence-electron chi connectivity index (χ0n) is 15.6. The highest BCUT2D eigenvalue weighted by Crippen LogP contribution is 2.22. The number of benzene rings is 1. The molecule has 1 aliphatic rings. The highest BCUT2D eigenvalue weighted by molar-refractivity contribution is 6.03. The number of rotatable bonds is 5. The molecule has 1 amide bonds. The van der Waals surface area contributed by atoms with Gasteiger partial charge in [-0.3, -0.25) is 4.79 Å². The van der Waals surface area contributed by atoms with Gasteiger partial charge in [0.1, 0.15) is 5.82 Å². The topological polar surface area (TPSA) is 76.1 Å². The summed E-state index contributed by atoms with van der Waals surface area (Å²) in [5.74, 6) is 0.908. The van der Waals surface area contributed by atoms with Crippen molar-refractivity contribution in [2.24, 2.45) is 0 Å². The van der Waals surface area contributed by atoms with Gasteiger partial charge in [0.2, 0.25) is 0 Å². The van der Waals surface area contributed by atoms with Gasteiger partial charge in [0.25, 0.3) is 5.91 Å². The number of anilines is 2. The Kier molecular flexibility index (Phi) is 5.52. The Morgan fingerprint density at radius 3 is 2.38 bits per heavy atom. The summed E-state index contributed by atoms with van der Waals surface area (Å²) >= 11 is 0. The van der Waals surface area contributed by atoms with Gasteiger partial charge >= 0.3 is 0 Å². The van der Waals surface area contributed by atoms with Crippen LogP contribution in [0.15, 0.2) is 36.4 Å². The second-order valence-corrected chi connectivity index (χ2v) is 7.60. The van der Waals surface area contributed by atoms with Gasteiger partial charge in [-0.25, -0.2) is 0 Å². The van der Waals surface area contributed by atoms with E-state index in [1.54, 1.807) is 12.1 Å². The molecule has 1 fully saturated rings. The van der Waals surface area contributed by atoms with Crippen LogP contribution in [0, 0.1) is 0 Å². The summed E-state index contributed by atoms with van der Waals surface area (Å²) < 4.78 is 5.56. The van der Waals surface area contributed by atoms with Crippen LogP contribution in [0.4, 0.5) is 11.6 Å². The number of aromatic nitrogens is 2. The normalized spacial score (nSPS) is 17.1. The molecule has 1 aromatic heterocycles. The molecule has 0 aliphatic carbocycles. The standard InChI is InChI=1S/C20H26N4O2/c1-20(2,3)15-8-6-14(7-9-15)19(25)22-18-11-10-17(23-24-18)21-13-16-5-4-12-26-16/h6-11,16H,4-5,12-13H2,1-3H3,(H,21,23)(H,22,24,25). The van der Waals surface area contributed by atoms with Crippen LogP contribution < -0.4 is 10.6 Å². The third-order valence-corrected chi connectivity index (χ3v) is 4.45. The van der Waals surface area contributed by atoms with E-state index in [-0.39, 0.29) is 17.4 Å². The number of amides is 1. The maximum absolute atomic E-state index is 12.3. The third kappa shape index (κ3) is 4.79. The molecular weight excluding hydrogens is 328 g/mol. The highest BCUT2D eigenvalue weighted by atomic mass is 16.5. The number of hydrogen-bond acceptors (Lipinski definition) is 5. The fourth-order valence-electron chi connectivity index (χ4n) is 2.83. The first-order valence-electron chi connectivity index (χ1n) is 9.03. The van der Waals surface area contributed by atoms with Gasteiger partial charge in [0, 0.05) is 18.7 Å². The Bertz CT molecular complexity index is 730. The Balaban J connectivity index is 1.55. The van der Waals surface area contributed by atoms with Gasteiger partial charge in [-0.05, 0) is 48.1 Å². The first-order chi connectivity index (χ1) is 12.4. The zero-order chi connectivity index (χ0) is 18.6. The molecule has 2 N–H and O–H groups in total. The molecule has 26 heavy (non-hydrogen) atoms. The Labute approximate surface area is 154 Å². The lowest BCUT2D eigenvalue weighted by molar-refractivity contribution is 0.102. The first kappa shape index (κ1) is 18.3. The van der Waals surface area contributed by atoms with E-state index in [0.717, 1.165) is 26.0 Å². The number of carbonyl (C=O) groups excluding carboxylic acids is 1. The second kappa shape index (κ2) is 7.83. The molecule has 0 bridgehead atoms. The van der Waals surface area contributed by atoms with Crippen LogP contribution in [0.5, 0.6) is 0 Å². The van der Waals surface area contributed by atoms with Gasteiger partial charge in [0.15, 0.2) is 5.82 Å². The number of hydrogen-bond donors (Lipinski definition) is 2. The summed E-state index contributed by atoms with van der Waals surface area (Å²) in [6, 6.07) is 11.2. The van der Waals surface area contributed by atoms with Crippen LogP contribution in [-0.2, 0) is 10.2 Å². The molecular formula is C20H26N4O2. The maximum atomic E-state index is 12.3. The highest BCUT2D eigenvalue weighted by Gasteiger charge is 2.16. The fraction of sp³-hybridized carbons (Fsp3) is 0.450. The van der Waals surface area contributed by atoms with E-state index in [0.29, 0.717) is 17.2 Å². The molecule has 6 heteroatoms. The molecule has 2 aromatic rings. The smallest absolute Gasteiger partial charge is 0.256 e. The van der Waals surface area contributed by atoms with E-state index in [4.69, 9.17) is 4.74 Å². The molecule has 6 nitrogen and oxygen atoms in total. The minimum Gasteiger partial charge on any atom is -0.376 e. The molecule has 3 rings (SSSR count). The molecule has 2 heterocycles. The lowest BCUT2D eigenvalue weighted by Crippen LogP contribution is -2.19. The van der Waals surface area contributed by atoms with E-state index < -0.39 is 0 Å². The SMILES string of the molecule is CC(C)(C)c1ccc(C(=O)Nc2ccc(NCC3CCCO3)nn2)cc1. The largest absolute Gasteiger partial charge is 0.376 e. The third-order valence-electron chi connectivity index (χ3n) is 4.45. The predicted octanol–water partition coefficient (Wildman–Crippen LogP) is 3.62. The Morgan fingerprint density at radius 2 is 1.81 bits per heavy atom. The summed E-state index contributed by atoms with van der Waals surface area (Å²) in [4.78, 5) is 12.3. The van der Waals surface area contributed by atoms with Crippen LogP contribution in [0.25, 0.3) is 0 Å². The van der Waals surface area contributed by atoms with E-state index in [2.05, 4.69) is 41.6 Å². The molecule has 1 unspecified atom stereocenters. The van der Waals surface area contributed by atoms with Gasteiger partial charge in [0.05, 0.1) is 6.10 Å². The van der Waals surface area contributed by atoms with E-state index in [1.165, 1.54) is 5.56 Å². The lowest BCUT2D eigenvalue weighted by Gasteiger charge is -2.19. The Morgan fingerprint density at radius 1 is 1.12 bits per heavy atom. The number of ether oxygens (including phenoxy) is 1. The molecule has 1 atom stereocenters. The Hall–Kier alpha value is -2.47. The molecule has 0 radical (unpaired) electrons. The van der Waals surface area contributed by atoms with Crippen molar-refractivity contribution in [1.29, 1.82) is 0 Å². The lowest BCUT2D eigenvalue weighted by atomic mass is 9.87. The average Bonchev–Trinajstić information content (AvgIpc) is 3.14. The molecule has 138 valence electrons. The van der Waals surface area contributed by atoms with Gasteiger partial charge in [-0.2, -0.15) is 0 Å². The number of nitrogens with one attached hydrogen (secondary N) is 2. The minimum absolute atomic E-state index is 0.0624. The van der Waals surface area contributed by atoms with Crippen LogP contribution in [0.1, 0.15) is 49.5 Å². The monoisotopic (exact) mass is 354 g/mol.